The Hall–Kier alpha value is -2.13. The molecule has 4 rings (SSSR count). The van der Waals surface area contributed by atoms with Crippen LogP contribution < -0.4 is 0 Å². The molecule has 0 aliphatic heterocycles. The normalized spacial score (nSPS) is 17.8. The van der Waals surface area contributed by atoms with E-state index >= 15 is 0 Å². The van der Waals surface area contributed by atoms with Crippen molar-refractivity contribution in [2.24, 2.45) is 0 Å². The van der Waals surface area contributed by atoms with E-state index in [4.69, 9.17) is 0 Å². The van der Waals surface area contributed by atoms with Crippen LogP contribution in [0.3, 0.4) is 0 Å². The summed E-state index contributed by atoms with van der Waals surface area (Å²) in [6.45, 7) is 1.59. The van der Waals surface area contributed by atoms with E-state index in [0.29, 0.717) is 0 Å². The van der Waals surface area contributed by atoms with Gasteiger partial charge in [-0.3, -0.25) is 4.79 Å². The molecule has 100 valence electrons. The second-order valence-electron chi connectivity index (χ2n) is 5.55. The number of hydrogen-bond donors (Lipinski definition) is 2. The molecule has 1 atom stereocenters. The summed E-state index contributed by atoms with van der Waals surface area (Å²) >= 11 is 0. The maximum absolute atomic E-state index is 11.6. The van der Waals surface area contributed by atoms with Gasteiger partial charge in [-0.1, -0.05) is 6.07 Å². The van der Waals surface area contributed by atoms with Gasteiger partial charge in [-0.25, -0.2) is 0 Å². The van der Waals surface area contributed by atoms with Crippen molar-refractivity contribution in [1.29, 1.82) is 0 Å². The molecule has 0 saturated heterocycles. The Morgan fingerprint density at radius 3 is 2.85 bits per heavy atom. The largest absolute Gasteiger partial charge is 0.388 e. The van der Waals surface area contributed by atoms with Gasteiger partial charge in [0.05, 0.1) is 6.10 Å². The first-order valence-corrected chi connectivity index (χ1v) is 6.91. The van der Waals surface area contributed by atoms with Crippen molar-refractivity contribution >= 4 is 27.6 Å². The highest BCUT2D eigenvalue weighted by molar-refractivity contribution is 6.11. The molecule has 0 saturated carbocycles. The highest BCUT2D eigenvalue weighted by atomic mass is 16.3. The minimum atomic E-state index is -0.352. The summed E-state index contributed by atoms with van der Waals surface area (Å²) in [4.78, 5) is 15.0. The van der Waals surface area contributed by atoms with E-state index in [9.17, 15) is 9.90 Å². The highest BCUT2D eigenvalue weighted by Gasteiger charge is 2.23. The van der Waals surface area contributed by atoms with Gasteiger partial charge in [-0.15, -0.1) is 0 Å². The fraction of sp³-hybridized carbons (Fsp3) is 0.235. The van der Waals surface area contributed by atoms with Gasteiger partial charge in [-0.2, -0.15) is 0 Å². The number of hydrogen-bond acceptors (Lipinski definition) is 2. The zero-order valence-corrected chi connectivity index (χ0v) is 11.2. The fourth-order valence-electron chi connectivity index (χ4n) is 3.32. The van der Waals surface area contributed by atoms with Crippen LogP contribution in [-0.4, -0.2) is 15.9 Å². The Morgan fingerprint density at radius 2 is 2.05 bits per heavy atom. The van der Waals surface area contributed by atoms with E-state index in [0.717, 1.165) is 45.8 Å². The van der Waals surface area contributed by atoms with E-state index in [1.807, 2.05) is 30.3 Å². The van der Waals surface area contributed by atoms with Crippen LogP contribution in [0.1, 0.15) is 40.9 Å². The maximum Gasteiger partial charge on any atom is 0.159 e. The third kappa shape index (κ3) is 1.47. The first-order valence-electron chi connectivity index (χ1n) is 6.91. The standard InChI is InChI=1S/C17H15NO2/c1-9(19)10-2-5-14-13(8-10)17-12-4-7-16(20)11(12)3-6-15(17)18-14/h2-3,5-6,8,16,18,20H,4,7H2,1H3. The summed E-state index contributed by atoms with van der Waals surface area (Å²) in [6, 6.07) is 9.81. The Labute approximate surface area is 116 Å². The van der Waals surface area contributed by atoms with Crippen molar-refractivity contribution in [2.75, 3.05) is 0 Å². The number of carbonyl (C=O) groups excluding carboxylic acids is 1. The van der Waals surface area contributed by atoms with Gasteiger partial charge in [0.1, 0.15) is 0 Å². The molecule has 20 heavy (non-hydrogen) atoms. The van der Waals surface area contributed by atoms with Crippen LogP contribution >= 0.6 is 0 Å². The Balaban J connectivity index is 2.13. The lowest BCUT2D eigenvalue weighted by atomic mass is 10.0. The predicted molar refractivity (Wildman–Crippen MR) is 79.1 cm³/mol. The van der Waals surface area contributed by atoms with Crippen LogP contribution in [0, 0.1) is 0 Å². The number of aromatic nitrogens is 1. The highest BCUT2D eigenvalue weighted by Crippen LogP contribution is 2.39. The summed E-state index contributed by atoms with van der Waals surface area (Å²) < 4.78 is 0. The Kier molecular flexibility index (Phi) is 2.30. The van der Waals surface area contributed by atoms with Crippen LogP contribution in [0.25, 0.3) is 21.8 Å². The van der Waals surface area contributed by atoms with Crippen molar-refractivity contribution in [1.82, 2.24) is 4.98 Å². The van der Waals surface area contributed by atoms with Crippen molar-refractivity contribution in [3.05, 3.63) is 47.0 Å². The van der Waals surface area contributed by atoms with E-state index in [1.54, 1.807) is 6.92 Å². The summed E-state index contributed by atoms with van der Waals surface area (Å²) in [6.07, 6.45) is 1.33. The van der Waals surface area contributed by atoms with E-state index in [-0.39, 0.29) is 11.9 Å². The number of aryl methyl sites for hydroxylation is 1. The molecule has 0 amide bonds. The van der Waals surface area contributed by atoms with Gasteiger partial charge < -0.3 is 10.1 Å². The molecule has 3 heteroatoms. The first kappa shape index (κ1) is 11.7. The van der Waals surface area contributed by atoms with Gasteiger partial charge in [0.25, 0.3) is 0 Å². The molecule has 1 heterocycles. The molecular formula is C17H15NO2. The zero-order chi connectivity index (χ0) is 13.9. The summed E-state index contributed by atoms with van der Waals surface area (Å²) in [7, 11) is 0. The van der Waals surface area contributed by atoms with Crippen molar-refractivity contribution in [3.63, 3.8) is 0 Å². The summed E-state index contributed by atoms with van der Waals surface area (Å²) in [5.41, 5.74) is 5.11. The number of Topliss-reactive ketones (excluding diaryl/α,β-unsaturated/α-hetero) is 1. The number of benzene rings is 2. The zero-order valence-electron chi connectivity index (χ0n) is 11.2. The molecule has 1 aliphatic carbocycles. The van der Waals surface area contributed by atoms with Crippen LogP contribution in [0.4, 0.5) is 0 Å². The number of aliphatic hydroxyl groups is 1. The van der Waals surface area contributed by atoms with Gasteiger partial charge in [-0.05, 0) is 55.2 Å². The lowest BCUT2D eigenvalue weighted by Gasteiger charge is -2.04. The minimum Gasteiger partial charge on any atom is -0.388 e. The average Bonchev–Trinajstić information content (AvgIpc) is 2.98. The molecule has 2 N–H and O–H groups in total. The molecule has 1 aliphatic rings. The molecule has 3 aromatic rings. The second-order valence-corrected chi connectivity index (χ2v) is 5.55. The molecule has 0 bridgehead atoms. The van der Waals surface area contributed by atoms with E-state index in [1.165, 1.54) is 5.56 Å². The minimum absolute atomic E-state index is 0.0776. The summed E-state index contributed by atoms with van der Waals surface area (Å²) in [5, 5.41) is 12.3. The number of nitrogens with one attached hydrogen (secondary N) is 1. The quantitative estimate of drug-likeness (QED) is 0.662. The number of aromatic amines is 1. The van der Waals surface area contributed by atoms with Gasteiger partial charge in [0.2, 0.25) is 0 Å². The molecule has 0 radical (unpaired) electrons. The first-order chi connectivity index (χ1) is 9.65. The number of carbonyl (C=O) groups is 1. The number of ketones is 1. The molecule has 0 spiro atoms. The van der Waals surface area contributed by atoms with Gasteiger partial charge in [0, 0.05) is 27.4 Å². The molecule has 2 aromatic carbocycles. The van der Waals surface area contributed by atoms with Crippen LogP contribution in [0.2, 0.25) is 0 Å². The molecular weight excluding hydrogens is 250 g/mol. The van der Waals surface area contributed by atoms with Crippen LogP contribution in [0.5, 0.6) is 0 Å². The molecule has 3 nitrogen and oxygen atoms in total. The van der Waals surface area contributed by atoms with Crippen LogP contribution in [-0.2, 0) is 6.42 Å². The number of aliphatic hydroxyl groups excluding tert-OH is 1. The average molecular weight is 265 g/mol. The lowest BCUT2D eigenvalue weighted by molar-refractivity contribution is 0.101. The molecule has 0 fully saturated rings. The summed E-state index contributed by atoms with van der Waals surface area (Å²) in [5.74, 6) is 0.0776. The monoisotopic (exact) mass is 265 g/mol. The SMILES string of the molecule is CC(=O)c1ccc2[nH]c3ccc4c(c3c2c1)CCC4O. The smallest absolute Gasteiger partial charge is 0.159 e. The van der Waals surface area contributed by atoms with E-state index < -0.39 is 0 Å². The maximum atomic E-state index is 11.6. The molecule has 1 unspecified atom stereocenters. The third-order valence-corrected chi connectivity index (χ3v) is 4.34. The number of H-pyrrole nitrogens is 1. The van der Waals surface area contributed by atoms with Gasteiger partial charge in [0.15, 0.2) is 5.78 Å². The van der Waals surface area contributed by atoms with Crippen LogP contribution in [0.15, 0.2) is 30.3 Å². The topological polar surface area (TPSA) is 53.1 Å². The predicted octanol–water partition coefficient (Wildman–Crippen LogP) is 3.50. The number of rotatable bonds is 1. The third-order valence-electron chi connectivity index (χ3n) is 4.34. The number of fused-ring (bicyclic) bond motifs is 5. The Bertz CT molecular complexity index is 860. The van der Waals surface area contributed by atoms with Gasteiger partial charge >= 0.3 is 0 Å². The van der Waals surface area contributed by atoms with Crippen molar-refractivity contribution < 1.29 is 9.90 Å². The molecule has 1 aromatic heterocycles. The lowest BCUT2D eigenvalue weighted by Crippen LogP contribution is -1.91. The van der Waals surface area contributed by atoms with Crippen molar-refractivity contribution in [3.8, 4) is 0 Å². The van der Waals surface area contributed by atoms with Crippen molar-refractivity contribution in [2.45, 2.75) is 25.9 Å². The fourth-order valence-corrected chi connectivity index (χ4v) is 3.32. The Morgan fingerprint density at radius 1 is 1.25 bits per heavy atom. The second kappa shape index (κ2) is 3.93. The van der Waals surface area contributed by atoms with E-state index in [2.05, 4.69) is 4.98 Å².